The number of amides is 1. The zero-order valence-electron chi connectivity index (χ0n) is 14.4. The predicted octanol–water partition coefficient (Wildman–Crippen LogP) is 2.97. The molecule has 1 saturated carbocycles. The Balaban J connectivity index is 1.29. The molecular weight excluding hydrogens is 332 g/mol. The van der Waals surface area contributed by atoms with Gasteiger partial charge >= 0.3 is 0 Å². The fraction of sp³-hybridized carbons (Fsp3) is 0.579. The molecule has 2 aromatic heterocycles. The number of carbonyl (C=O) groups is 1. The van der Waals surface area contributed by atoms with E-state index in [1.54, 1.807) is 6.20 Å². The van der Waals surface area contributed by atoms with Crippen LogP contribution in [0.3, 0.4) is 0 Å². The van der Waals surface area contributed by atoms with Gasteiger partial charge in [0, 0.05) is 43.3 Å². The van der Waals surface area contributed by atoms with Gasteiger partial charge in [-0.1, -0.05) is 0 Å². The standard InChI is InChI=1S/C19H24N4OS/c24-19-14-3-4-15(23(19)9-13-1-2-13)11-22(10-14)12-16-5-6-18(25-16)17-7-8-20-21-17/h5-8,13-15H,1-4,9-12H2,(H,20,21)/t14-,15+/m0/s1. The van der Waals surface area contributed by atoms with Crippen molar-refractivity contribution in [3.05, 3.63) is 29.3 Å². The van der Waals surface area contributed by atoms with Gasteiger partial charge in [0.15, 0.2) is 0 Å². The molecule has 3 aliphatic heterocycles. The number of H-pyrrole nitrogens is 1. The van der Waals surface area contributed by atoms with Crippen LogP contribution >= 0.6 is 11.3 Å². The Kier molecular flexibility index (Phi) is 3.90. The van der Waals surface area contributed by atoms with Crippen molar-refractivity contribution in [2.75, 3.05) is 19.6 Å². The van der Waals surface area contributed by atoms with E-state index in [9.17, 15) is 4.79 Å². The van der Waals surface area contributed by atoms with Crippen molar-refractivity contribution in [2.24, 2.45) is 11.8 Å². The summed E-state index contributed by atoms with van der Waals surface area (Å²) in [5.74, 6) is 1.42. The lowest BCUT2D eigenvalue weighted by Crippen LogP contribution is -2.48. The normalized spacial score (nSPS) is 27.0. The number of aromatic nitrogens is 2. The smallest absolute Gasteiger partial charge is 0.227 e. The number of nitrogens with one attached hydrogen (secondary N) is 1. The van der Waals surface area contributed by atoms with Gasteiger partial charge in [0.1, 0.15) is 0 Å². The molecule has 132 valence electrons. The van der Waals surface area contributed by atoms with E-state index in [0.717, 1.165) is 44.2 Å². The zero-order valence-corrected chi connectivity index (χ0v) is 15.2. The van der Waals surface area contributed by atoms with E-state index in [1.807, 2.05) is 17.4 Å². The average molecular weight is 356 g/mol. The number of nitrogens with zero attached hydrogens (tertiary/aromatic N) is 3. The summed E-state index contributed by atoms with van der Waals surface area (Å²) < 4.78 is 0. The Morgan fingerprint density at radius 2 is 2.08 bits per heavy atom. The first-order valence-electron chi connectivity index (χ1n) is 9.37. The second-order valence-electron chi connectivity index (χ2n) is 7.79. The van der Waals surface area contributed by atoms with Crippen molar-refractivity contribution >= 4 is 17.2 Å². The average Bonchev–Trinajstić information content (AvgIpc) is 3.13. The summed E-state index contributed by atoms with van der Waals surface area (Å²) in [7, 11) is 0. The number of thiophene rings is 1. The predicted molar refractivity (Wildman–Crippen MR) is 98.1 cm³/mol. The monoisotopic (exact) mass is 356 g/mol. The summed E-state index contributed by atoms with van der Waals surface area (Å²) in [6.45, 7) is 3.92. The van der Waals surface area contributed by atoms with E-state index in [2.05, 4.69) is 32.1 Å². The van der Waals surface area contributed by atoms with Gasteiger partial charge in [0.2, 0.25) is 5.91 Å². The van der Waals surface area contributed by atoms with Crippen LogP contribution in [0.2, 0.25) is 0 Å². The first-order valence-corrected chi connectivity index (χ1v) is 10.2. The van der Waals surface area contributed by atoms with Crippen molar-refractivity contribution < 1.29 is 4.79 Å². The topological polar surface area (TPSA) is 52.2 Å². The molecule has 1 amide bonds. The first kappa shape index (κ1) is 15.6. The molecule has 3 saturated heterocycles. The fourth-order valence-corrected chi connectivity index (χ4v) is 5.32. The van der Waals surface area contributed by atoms with Crippen molar-refractivity contribution in [1.82, 2.24) is 20.0 Å². The Morgan fingerprint density at radius 3 is 2.88 bits per heavy atom. The summed E-state index contributed by atoms with van der Waals surface area (Å²) in [6.07, 6.45) is 6.68. The van der Waals surface area contributed by atoms with Crippen LogP contribution in [0.15, 0.2) is 24.4 Å². The van der Waals surface area contributed by atoms with Crippen LogP contribution in [-0.4, -0.2) is 51.6 Å². The van der Waals surface area contributed by atoms with E-state index in [4.69, 9.17) is 0 Å². The number of aromatic amines is 1. The molecule has 2 aromatic rings. The Hall–Kier alpha value is -1.66. The van der Waals surface area contributed by atoms with Crippen LogP contribution < -0.4 is 0 Å². The van der Waals surface area contributed by atoms with Gasteiger partial charge in [-0.15, -0.1) is 11.3 Å². The van der Waals surface area contributed by atoms with Crippen LogP contribution in [-0.2, 0) is 11.3 Å². The quantitative estimate of drug-likeness (QED) is 0.896. The highest BCUT2D eigenvalue weighted by Gasteiger charge is 2.42. The van der Waals surface area contributed by atoms with Crippen LogP contribution in [0.1, 0.15) is 30.6 Å². The fourth-order valence-electron chi connectivity index (χ4n) is 4.30. The summed E-state index contributed by atoms with van der Waals surface area (Å²) >= 11 is 1.82. The molecule has 2 bridgehead atoms. The Labute approximate surface area is 152 Å². The highest BCUT2D eigenvalue weighted by Crippen LogP contribution is 2.36. The molecule has 25 heavy (non-hydrogen) atoms. The zero-order chi connectivity index (χ0) is 16.8. The number of piperidine rings is 1. The maximum atomic E-state index is 12.8. The van der Waals surface area contributed by atoms with E-state index in [-0.39, 0.29) is 5.92 Å². The van der Waals surface area contributed by atoms with Crippen molar-refractivity contribution in [3.63, 3.8) is 0 Å². The molecule has 4 fully saturated rings. The molecule has 0 radical (unpaired) electrons. The van der Waals surface area contributed by atoms with Gasteiger partial charge in [-0.25, -0.2) is 0 Å². The summed E-state index contributed by atoms with van der Waals surface area (Å²) in [6, 6.07) is 6.83. The third kappa shape index (κ3) is 3.13. The van der Waals surface area contributed by atoms with Gasteiger partial charge in [-0.05, 0) is 49.8 Å². The van der Waals surface area contributed by atoms with Crippen LogP contribution in [0.4, 0.5) is 0 Å². The largest absolute Gasteiger partial charge is 0.338 e. The number of rotatable bonds is 5. The van der Waals surface area contributed by atoms with Gasteiger partial charge in [-0.3, -0.25) is 14.8 Å². The minimum absolute atomic E-state index is 0.213. The number of fused-ring (bicyclic) bond motifs is 4. The first-order chi connectivity index (χ1) is 12.3. The molecule has 0 spiro atoms. The van der Waals surface area contributed by atoms with E-state index in [0.29, 0.717) is 11.9 Å². The number of carbonyl (C=O) groups excluding carboxylic acids is 1. The molecule has 6 heteroatoms. The molecule has 5 heterocycles. The minimum atomic E-state index is 0.213. The lowest BCUT2D eigenvalue weighted by atomic mass is 9.94. The molecule has 1 aliphatic carbocycles. The van der Waals surface area contributed by atoms with Crippen LogP contribution in [0, 0.1) is 11.8 Å². The number of hydrogen-bond donors (Lipinski definition) is 1. The SMILES string of the molecule is O=C1[C@H]2CC[C@H](CN(Cc3ccc(-c4ccn[nH]4)s3)C2)N1CC1CC1. The van der Waals surface area contributed by atoms with Crippen molar-refractivity contribution in [1.29, 1.82) is 0 Å². The molecule has 4 aliphatic rings. The summed E-state index contributed by atoms with van der Waals surface area (Å²) in [4.78, 5) is 20.2. The maximum absolute atomic E-state index is 12.8. The third-order valence-corrected chi connectivity index (χ3v) is 6.93. The highest BCUT2D eigenvalue weighted by atomic mass is 32.1. The van der Waals surface area contributed by atoms with Crippen LogP contribution in [0.25, 0.3) is 10.6 Å². The van der Waals surface area contributed by atoms with Gasteiger partial charge in [0.05, 0.1) is 16.5 Å². The lowest BCUT2D eigenvalue weighted by molar-refractivity contribution is -0.140. The van der Waals surface area contributed by atoms with E-state index < -0.39 is 0 Å². The molecule has 0 aromatic carbocycles. The lowest BCUT2D eigenvalue weighted by Gasteiger charge is -2.36. The second-order valence-corrected chi connectivity index (χ2v) is 8.96. The molecule has 6 rings (SSSR count). The van der Waals surface area contributed by atoms with E-state index >= 15 is 0 Å². The molecule has 0 unspecified atom stereocenters. The minimum Gasteiger partial charge on any atom is -0.338 e. The van der Waals surface area contributed by atoms with E-state index in [1.165, 1.54) is 29.0 Å². The molecule has 1 N–H and O–H groups in total. The van der Waals surface area contributed by atoms with Gasteiger partial charge < -0.3 is 4.90 Å². The Bertz CT molecular complexity index is 751. The Morgan fingerprint density at radius 1 is 1.16 bits per heavy atom. The van der Waals surface area contributed by atoms with Crippen molar-refractivity contribution in [3.8, 4) is 10.6 Å². The molecule has 2 atom stereocenters. The molecule has 5 nitrogen and oxygen atoms in total. The van der Waals surface area contributed by atoms with Gasteiger partial charge in [-0.2, -0.15) is 5.10 Å². The third-order valence-electron chi connectivity index (χ3n) is 5.83. The summed E-state index contributed by atoms with van der Waals surface area (Å²) in [5, 5.41) is 7.07. The van der Waals surface area contributed by atoms with Crippen molar-refractivity contribution in [2.45, 2.75) is 38.3 Å². The highest BCUT2D eigenvalue weighted by molar-refractivity contribution is 7.15. The second kappa shape index (κ2) is 6.25. The molecular formula is C19H24N4OS. The van der Waals surface area contributed by atoms with Gasteiger partial charge in [0.25, 0.3) is 0 Å². The summed E-state index contributed by atoms with van der Waals surface area (Å²) in [5.41, 5.74) is 1.08. The number of hydrogen-bond acceptors (Lipinski definition) is 4. The van der Waals surface area contributed by atoms with Crippen LogP contribution in [0.5, 0.6) is 0 Å². The maximum Gasteiger partial charge on any atom is 0.227 e.